The SMILES string of the molecule is COc1ccc(C(=O)Nc2ccc(CCS(=O)(=O)/C=C/c3ccc(O)c(O)c3)cc2)cc1. The van der Waals surface area contributed by atoms with E-state index in [0.29, 0.717) is 29.0 Å². The number of phenolic OH excluding ortho intramolecular Hbond substituents is 2. The van der Waals surface area contributed by atoms with E-state index in [1.165, 1.54) is 24.3 Å². The molecule has 0 aliphatic heterocycles. The van der Waals surface area contributed by atoms with Crippen molar-refractivity contribution < 1.29 is 28.2 Å². The highest BCUT2D eigenvalue weighted by molar-refractivity contribution is 7.94. The Hall–Kier alpha value is -3.78. The summed E-state index contributed by atoms with van der Waals surface area (Å²) in [6.45, 7) is 0. The first-order valence-corrected chi connectivity index (χ1v) is 11.4. The summed E-state index contributed by atoms with van der Waals surface area (Å²) in [5, 5.41) is 22.7. The molecule has 0 saturated heterocycles. The predicted octanol–water partition coefficient (Wildman–Crippen LogP) is 3.99. The quantitative estimate of drug-likeness (QED) is 0.445. The molecule has 166 valence electrons. The van der Waals surface area contributed by atoms with Gasteiger partial charge >= 0.3 is 0 Å². The molecular weight excluding hydrogens is 430 g/mol. The molecule has 0 fully saturated rings. The van der Waals surface area contributed by atoms with Crippen LogP contribution in [-0.2, 0) is 16.3 Å². The lowest BCUT2D eigenvalue weighted by Crippen LogP contribution is -2.11. The number of methoxy groups -OCH3 is 1. The second kappa shape index (κ2) is 10.0. The second-order valence-corrected chi connectivity index (χ2v) is 9.05. The van der Waals surface area contributed by atoms with Crippen molar-refractivity contribution >= 4 is 27.5 Å². The number of benzene rings is 3. The zero-order chi connectivity index (χ0) is 23.1. The van der Waals surface area contributed by atoms with Gasteiger partial charge in [0.25, 0.3) is 5.91 Å². The molecule has 0 spiro atoms. The minimum absolute atomic E-state index is 0.0921. The molecule has 0 radical (unpaired) electrons. The molecule has 0 aliphatic rings. The van der Waals surface area contributed by atoms with Crippen molar-refractivity contribution in [1.82, 2.24) is 0 Å². The van der Waals surface area contributed by atoms with Gasteiger partial charge in [-0.1, -0.05) is 18.2 Å². The summed E-state index contributed by atoms with van der Waals surface area (Å²) in [6, 6.07) is 17.8. The van der Waals surface area contributed by atoms with Gasteiger partial charge in [-0.05, 0) is 72.2 Å². The number of sulfone groups is 1. The Balaban J connectivity index is 1.55. The molecule has 0 heterocycles. The number of carbonyl (C=O) groups is 1. The number of rotatable bonds is 8. The largest absolute Gasteiger partial charge is 0.504 e. The molecule has 7 nitrogen and oxygen atoms in total. The van der Waals surface area contributed by atoms with E-state index < -0.39 is 9.84 Å². The first-order valence-electron chi connectivity index (χ1n) is 9.73. The maximum atomic E-state index is 12.3. The first kappa shape index (κ1) is 22.9. The Morgan fingerprint density at radius 2 is 1.66 bits per heavy atom. The molecule has 0 atom stereocenters. The van der Waals surface area contributed by atoms with Crippen molar-refractivity contribution in [2.45, 2.75) is 6.42 Å². The summed E-state index contributed by atoms with van der Waals surface area (Å²) in [6.07, 6.45) is 1.67. The lowest BCUT2D eigenvalue weighted by atomic mass is 10.1. The van der Waals surface area contributed by atoms with Crippen LogP contribution in [0.5, 0.6) is 17.2 Å². The summed E-state index contributed by atoms with van der Waals surface area (Å²) in [4.78, 5) is 12.3. The summed E-state index contributed by atoms with van der Waals surface area (Å²) in [5.74, 6) is -0.270. The highest BCUT2D eigenvalue weighted by atomic mass is 32.2. The van der Waals surface area contributed by atoms with Gasteiger partial charge < -0.3 is 20.3 Å². The van der Waals surface area contributed by atoms with Gasteiger partial charge in [0.15, 0.2) is 21.3 Å². The fourth-order valence-electron chi connectivity index (χ4n) is 2.85. The van der Waals surface area contributed by atoms with E-state index in [1.54, 1.807) is 55.6 Å². The van der Waals surface area contributed by atoms with E-state index in [4.69, 9.17) is 4.74 Å². The minimum Gasteiger partial charge on any atom is -0.504 e. The van der Waals surface area contributed by atoms with E-state index in [9.17, 15) is 23.4 Å². The average Bonchev–Trinajstić information content (AvgIpc) is 2.79. The van der Waals surface area contributed by atoms with Crippen molar-refractivity contribution in [2.24, 2.45) is 0 Å². The van der Waals surface area contributed by atoms with Crippen LogP contribution in [0.4, 0.5) is 5.69 Å². The smallest absolute Gasteiger partial charge is 0.255 e. The molecule has 3 N–H and O–H groups in total. The normalized spacial score (nSPS) is 11.4. The first-order chi connectivity index (χ1) is 15.3. The Morgan fingerprint density at radius 1 is 0.969 bits per heavy atom. The van der Waals surface area contributed by atoms with Crippen LogP contribution in [0.3, 0.4) is 0 Å². The number of phenols is 2. The van der Waals surface area contributed by atoms with E-state index in [0.717, 1.165) is 11.0 Å². The van der Waals surface area contributed by atoms with Gasteiger partial charge in [0.1, 0.15) is 5.75 Å². The molecular formula is C24H23NO6S. The number of carbonyl (C=O) groups excluding carboxylic acids is 1. The molecule has 32 heavy (non-hydrogen) atoms. The fourth-order valence-corrected chi connectivity index (χ4v) is 3.88. The fraction of sp³-hybridized carbons (Fsp3) is 0.125. The van der Waals surface area contributed by atoms with Crippen molar-refractivity contribution in [1.29, 1.82) is 0 Å². The van der Waals surface area contributed by atoms with Crippen LogP contribution in [0.15, 0.2) is 72.1 Å². The van der Waals surface area contributed by atoms with Gasteiger partial charge in [0, 0.05) is 16.7 Å². The maximum Gasteiger partial charge on any atom is 0.255 e. The highest BCUT2D eigenvalue weighted by Crippen LogP contribution is 2.25. The summed E-state index contributed by atoms with van der Waals surface area (Å²) < 4.78 is 29.6. The van der Waals surface area contributed by atoms with Crippen LogP contribution in [0.2, 0.25) is 0 Å². The third kappa shape index (κ3) is 6.36. The third-order valence-corrected chi connectivity index (χ3v) is 6.03. The standard InChI is InChI=1S/C24H23NO6S/c1-31-21-9-5-19(6-10-21)24(28)25-20-7-2-17(3-8-20)12-14-32(29,30)15-13-18-4-11-22(26)23(27)16-18/h2-11,13,15-16,26-27H,12,14H2,1H3,(H,25,28)/b15-13+. The van der Waals surface area contributed by atoms with Gasteiger partial charge in [0.2, 0.25) is 0 Å². The van der Waals surface area contributed by atoms with Crippen LogP contribution in [0.25, 0.3) is 6.08 Å². The third-order valence-electron chi connectivity index (χ3n) is 4.71. The summed E-state index contributed by atoms with van der Waals surface area (Å²) >= 11 is 0. The molecule has 3 aromatic carbocycles. The topological polar surface area (TPSA) is 113 Å². The van der Waals surface area contributed by atoms with Crippen molar-refractivity contribution in [3.8, 4) is 17.2 Å². The number of amides is 1. The molecule has 0 unspecified atom stereocenters. The van der Waals surface area contributed by atoms with Gasteiger partial charge in [0.05, 0.1) is 12.9 Å². The molecule has 0 saturated carbocycles. The maximum absolute atomic E-state index is 12.3. The molecule has 0 aliphatic carbocycles. The Bertz CT molecular complexity index is 1220. The van der Waals surface area contributed by atoms with Crippen LogP contribution in [0.1, 0.15) is 21.5 Å². The Kier molecular flexibility index (Phi) is 7.17. The summed E-state index contributed by atoms with van der Waals surface area (Å²) in [5.41, 5.74) is 2.37. The van der Waals surface area contributed by atoms with Crippen molar-refractivity contribution in [2.75, 3.05) is 18.2 Å². The number of anilines is 1. The van der Waals surface area contributed by atoms with Crippen LogP contribution in [-0.4, -0.2) is 37.4 Å². The van der Waals surface area contributed by atoms with E-state index in [-0.39, 0.29) is 23.2 Å². The molecule has 3 rings (SSSR count). The lowest BCUT2D eigenvalue weighted by molar-refractivity contribution is 0.102. The van der Waals surface area contributed by atoms with Gasteiger partial charge in [-0.2, -0.15) is 0 Å². The minimum atomic E-state index is -3.48. The Labute approximate surface area is 186 Å². The zero-order valence-electron chi connectivity index (χ0n) is 17.4. The van der Waals surface area contributed by atoms with Gasteiger partial charge in [-0.25, -0.2) is 8.42 Å². The summed E-state index contributed by atoms with van der Waals surface area (Å²) in [7, 11) is -1.92. The number of ether oxygens (including phenoxy) is 1. The molecule has 0 bridgehead atoms. The lowest BCUT2D eigenvalue weighted by Gasteiger charge is -2.07. The monoisotopic (exact) mass is 453 g/mol. The van der Waals surface area contributed by atoms with E-state index in [1.807, 2.05) is 0 Å². The molecule has 1 amide bonds. The van der Waals surface area contributed by atoms with Gasteiger partial charge in [-0.15, -0.1) is 0 Å². The van der Waals surface area contributed by atoms with E-state index in [2.05, 4.69) is 5.32 Å². The predicted molar refractivity (Wildman–Crippen MR) is 124 cm³/mol. The number of nitrogens with one attached hydrogen (secondary N) is 1. The number of aryl methyl sites for hydroxylation is 1. The molecule has 3 aromatic rings. The Morgan fingerprint density at radius 3 is 2.28 bits per heavy atom. The van der Waals surface area contributed by atoms with Crippen LogP contribution in [0, 0.1) is 0 Å². The number of aromatic hydroxyl groups is 2. The molecule has 0 aromatic heterocycles. The number of hydrogen-bond acceptors (Lipinski definition) is 6. The van der Waals surface area contributed by atoms with E-state index >= 15 is 0 Å². The number of hydrogen-bond donors (Lipinski definition) is 3. The van der Waals surface area contributed by atoms with Crippen LogP contribution < -0.4 is 10.1 Å². The van der Waals surface area contributed by atoms with Gasteiger partial charge in [-0.3, -0.25) is 4.79 Å². The molecule has 8 heteroatoms. The van der Waals surface area contributed by atoms with Crippen molar-refractivity contribution in [3.05, 3.63) is 88.8 Å². The van der Waals surface area contributed by atoms with Crippen molar-refractivity contribution in [3.63, 3.8) is 0 Å². The second-order valence-electron chi connectivity index (χ2n) is 7.05. The zero-order valence-corrected chi connectivity index (χ0v) is 18.2. The average molecular weight is 454 g/mol. The highest BCUT2D eigenvalue weighted by Gasteiger charge is 2.09. The van der Waals surface area contributed by atoms with Crippen LogP contribution >= 0.6 is 0 Å².